The molecule has 0 aliphatic carbocycles. The molecular formula is C5H8N2O3. The summed E-state index contributed by atoms with van der Waals surface area (Å²) in [5.41, 5.74) is 0. The summed E-state index contributed by atoms with van der Waals surface area (Å²) in [5, 5.41) is 13.8. The lowest BCUT2D eigenvalue weighted by Crippen LogP contribution is -2.29. The van der Waals surface area contributed by atoms with E-state index in [1.54, 1.807) is 0 Å². The topological polar surface area (TPSA) is 78.8 Å². The predicted molar refractivity (Wildman–Crippen MR) is 33.6 cm³/mol. The van der Waals surface area contributed by atoms with E-state index in [2.05, 4.69) is 10.5 Å². The second-order valence-electron chi connectivity index (χ2n) is 2.29. The van der Waals surface area contributed by atoms with Gasteiger partial charge in [0, 0.05) is 13.0 Å². The van der Waals surface area contributed by atoms with Gasteiger partial charge in [-0.1, -0.05) is 5.18 Å². The zero-order chi connectivity index (χ0) is 7.56. The van der Waals surface area contributed by atoms with Gasteiger partial charge in [-0.3, -0.25) is 4.79 Å². The number of nitroso groups, excluding NO2 is 1. The number of carboxylic acids is 1. The highest BCUT2D eigenvalue weighted by molar-refractivity contribution is 5.73. The van der Waals surface area contributed by atoms with E-state index < -0.39 is 12.0 Å². The highest BCUT2D eigenvalue weighted by Gasteiger charge is 2.29. The fourth-order valence-corrected chi connectivity index (χ4v) is 0.985. The zero-order valence-electron chi connectivity index (χ0n) is 5.28. The van der Waals surface area contributed by atoms with Gasteiger partial charge in [0.15, 0.2) is 0 Å². The van der Waals surface area contributed by atoms with Crippen LogP contribution in [-0.2, 0) is 4.79 Å². The third kappa shape index (κ3) is 1.30. The molecule has 2 unspecified atom stereocenters. The molecule has 2 atom stereocenters. The molecule has 0 aromatic heterocycles. The minimum absolute atomic E-state index is 0.318. The molecule has 5 heteroatoms. The first-order chi connectivity index (χ1) is 4.74. The number of nitrogens with one attached hydrogen (secondary N) is 1. The molecule has 1 aliphatic heterocycles. The highest BCUT2D eigenvalue weighted by atomic mass is 16.4. The summed E-state index contributed by atoms with van der Waals surface area (Å²) in [6.07, 6.45) is 0.318. The monoisotopic (exact) mass is 144 g/mol. The van der Waals surface area contributed by atoms with E-state index in [1.165, 1.54) is 0 Å². The number of nitrogens with zero attached hydrogens (tertiary/aromatic N) is 1. The Morgan fingerprint density at radius 2 is 2.40 bits per heavy atom. The molecule has 0 saturated carbocycles. The van der Waals surface area contributed by atoms with Crippen LogP contribution in [0.5, 0.6) is 0 Å². The largest absolute Gasteiger partial charge is 0.480 e. The van der Waals surface area contributed by atoms with Crippen LogP contribution in [0.3, 0.4) is 0 Å². The molecule has 1 aliphatic rings. The summed E-state index contributed by atoms with van der Waals surface area (Å²) < 4.78 is 0. The molecule has 1 saturated heterocycles. The molecule has 0 aromatic carbocycles. The van der Waals surface area contributed by atoms with E-state index in [9.17, 15) is 9.70 Å². The number of hydrogen-bond acceptors (Lipinski definition) is 4. The van der Waals surface area contributed by atoms with Crippen LogP contribution in [0.1, 0.15) is 6.42 Å². The molecule has 5 nitrogen and oxygen atoms in total. The first-order valence-electron chi connectivity index (χ1n) is 3.02. The summed E-state index contributed by atoms with van der Waals surface area (Å²) in [6.45, 7) is 0.389. The molecular weight excluding hydrogens is 136 g/mol. The maximum Gasteiger partial charge on any atom is 0.320 e. The Hall–Kier alpha value is -0.970. The molecule has 0 spiro atoms. The van der Waals surface area contributed by atoms with Gasteiger partial charge in [-0.15, -0.1) is 0 Å². The van der Waals surface area contributed by atoms with Gasteiger partial charge in [-0.2, -0.15) is 4.91 Å². The fraction of sp³-hybridized carbons (Fsp3) is 0.800. The van der Waals surface area contributed by atoms with Crippen molar-refractivity contribution in [3.8, 4) is 0 Å². The Bertz CT molecular complexity index is 159. The van der Waals surface area contributed by atoms with Crippen molar-refractivity contribution in [1.29, 1.82) is 0 Å². The summed E-state index contributed by atoms with van der Waals surface area (Å²) in [5.74, 6) is -0.911. The Labute approximate surface area is 57.4 Å². The fourth-order valence-electron chi connectivity index (χ4n) is 0.985. The summed E-state index contributed by atoms with van der Waals surface area (Å²) in [4.78, 5) is 20.1. The number of hydrogen-bond donors (Lipinski definition) is 2. The zero-order valence-corrected chi connectivity index (χ0v) is 5.28. The van der Waals surface area contributed by atoms with E-state index in [0.717, 1.165) is 0 Å². The molecule has 56 valence electrons. The van der Waals surface area contributed by atoms with Crippen LogP contribution in [0.4, 0.5) is 0 Å². The van der Waals surface area contributed by atoms with E-state index in [4.69, 9.17) is 5.11 Å². The summed E-state index contributed by atoms with van der Waals surface area (Å²) >= 11 is 0. The van der Waals surface area contributed by atoms with Crippen molar-refractivity contribution in [1.82, 2.24) is 5.32 Å². The van der Waals surface area contributed by atoms with Crippen molar-refractivity contribution in [2.75, 3.05) is 6.54 Å². The number of rotatable bonds is 2. The molecule has 1 rings (SSSR count). The van der Waals surface area contributed by atoms with Crippen molar-refractivity contribution in [2.45, 2.75) is 18.5 Å². The number of carboxylic acid groups (broad SMARTS) is 1. The highest BCUT2D eigenvalue weighted by Crippen LogP contribution is 2.09. The average Bonchev–Trinajstić information content (AvgIpc) is 2.34. The van der Waals surface area contributed by atoms with Crippen molar-refractivity contribution in [2.24, 2.45) is 5.18 Å². The van der Waals surface area contributed by atoms with Crippen molar-refractivity contribution in [3.05, 3.63) is 4.91 Å². The van der Waals surface area contributed by atoms with Gasteiger partial charge in [0.2, 0.25) is 0 Å². The number of aliphatic carboxylic acids is 1. The lowest BCUT2D eigenvalue weighted by molar-refractivity contribution is -0.139. The molecule has 0 bridgehead atoms. The van der Waals surface area contributed by atoms with Crippen LogP contribution < -0.4 is 5.32 Å². The smallest absolute Gasteiger partial charge is 0.320 e. The normalized spacial score (nSPS) is 32.0. The van der Waals surface area contributed by atoms with Gasteiger partial charge >= 0.3 is 5.97 Å². The first-order valence-corrected chi connectivity index (χ1v) is 3.02. The molecule has 10 heavy (non-hydrogen) atoms. The van der Waals surface area contributed by atoms with Gasteiger partial charge < -0.3 is 10.4 Å². The molecule has 1 heterocycles. The molecule has 0 aromatic rings. The second-order valence-corrected chi connectivity index (χ2v) is 2.29. The summed E-state index contributed by atoms with van der Waals surface area (Å²) in [7, 11) is 0. The third-order valence-electron chi connectivity index (χ3n) is 1.55. The maximum absolute atomic E-state index is 10.3. The van der Waals surface area contributed by atoms with Crippen molar-refractivity contribution < 1.29 is 9.90 Å². The second kappa shape index (κ2) is 2.74. The van der Waals surface area contributed by atoms with E-state index in [-0.39, 0.29) is 6.04 Å². The van der Waals surface area contributed by atoms with Gasteiger partial charge in [0.1, 0.15) is 12.1 Å². The Morgan fingerprint density at radius 1 is 1.70 bits per heavy atom. The Balaban J connectivity index is 2.42. The lowest BCUT2D eigenvalue weighted by atomic mass is 10.2. The quantitative estimate of drug-likeness (QED) is 0.515. The molecule has 0 amide bonds. The van der Waals surface area contributed by atoms with Crippen LogP contribution in [-0.4, -0.2) is 29.7 Å². The SMILES string of the molecule is O=NC1CNC(C(=O)O)C1. The minimum atomic E-state index is -0.911. The van der Waals surface area contributed by atoms with E-state index in [0.29, 0.717) is 13.0 Å². The lowest BCUT2D eigenvalue weighted by Gasteiger charge is -1.99. The standard InChI is InChI=1S/C5H8N2O3/c8-5(9)4-1-3(7-10)2-6-4/h3-4,6H,1-2H2,(H,8,9). The molecule has 0 radical (unpaired) electrons. The van der Waals surface area contributed by atoms with E-state index in [1.807, 2.05) is 0 Å². The maximum atomic E-state index is 10.3. The van der Waals surface area contributed by atoms with Crippen LogP contribution in [0, 0.1) is 4.91 Å². The number of carbonyl (C=O) groups is 1. The predicted octanol–water partition coefficient (Wildman–Crippen LogP) is -0.432. The van der Waals surface area contributed by atoms with Gasteiger partial charge in [0.05, 0.1) is 0 Å². The van der Waals surface area contributed by atoms with Crippen LogP contribution in [0.25, 0.3) is 0 Å². The first kappa shape index (κ1) is 7.14. The minimum Gasteiger partial charge on any atom is -0.480 e. The Kier molecular flexibility index (Phi) is 1.96. The van der Waals surface area contributed by atoms with E-state index >= 15 is 0 Å². The van der Waals surface area contributed by atoms with Crippen LogP contribution in [0.2, 0.25) is 0 Å². The molecule has 2 N–H and O–H groups in total. The average molecular weight is 144 g/mol. The summed E-state index contributed by atoms with van der Waals surface area (Å²) in [6, 6.07) is -0.941. The van der Waals surface area contributed by atoms with Crippen LogP contribution in [0.15, 0.2) is 5.18 Å². The third-order valence-corrected chi connectivity index (χ3v) is 1.55. The Morgan fingerprint density at radius 3 is 2.70 bits per heavy atom. The van der Waals surface area contributed by atoms with Crippen molar-refractivity contribution >= 4 is 5.97 Å². The van der Waals surface area contributed by atoms with Crippen molar-refractivity contribution in [3.63, 3.8) is 0 Å². The van der Waals surface area contributed by atoms with Gasteiger partial charge in [0.25, 0.3) is 0 Å². The van der Waals surface area contributed by atoms with Gasteiger partial charge in [-0.05, 0) is 0 Å². The van der Waals surface area contributed by atoms with Crippen LogP contribution >= 0.6 is 0 Å². The van der Waals surface area contributed by atoms with Gasteiger partial charge in [-0.25, -0.2) is 0 Å². The molecule has 1 fully saturated rings.